The molecule has 3 rings (SSSR count). The number of fused-ring (bicyclic) bond motifs is 1. The van der Waals surface area contributed by atoms with Crippen molar-refractivity contribution < 1.29 is 4.74 Å². The molecule has 0 aliphatic carbocycles. The lowest BCUT2D eigenvalue weighted by atomic mass is 10.0. The lowest BCUT2D eigenvalue weighted by Gasteiger charge is -2.27. The van der Waals surface area contributed by atoms with Crippen molar-refractivity contribution in [1.82, 2.24) is 5.32 Å². The minimum Gasteiger partial charge on any atom is -0.356 e. The van der Waals surface area contributed by atoms with Gasteiger partial charge in [-0.3, -0.25) is 5.32 Å². The first kappa shape index (κ1) is 12.6. The zero-order valence-corrected chi connectivity index (χ0v) is 11.4. The van der Waals surface area contributed by atoms with Crippen LogP contribution in [0.1, 0.15) is 37.9 Å². The molecule has 0 amide bonds. The summed E-state index contributed by atoms with van der Waals surface area (Å²) in [6.45, 7) is 3.22. The van der Waals surface area contributed by atoms with E-state index in [0.717, 1.165) is 13.0 Å². The van der Waals surface area contributed by atoms with E-state index in [1.165, 1.54) is 29.2 Å². The molecule has 0 radical (unpaired) electrons. The van der Waals surface area contributed by atoms with Gasteiger partial charge in [0, 0.05) is 0 Å². The Hall–Kier alpha value is -1.38. The maximum absolute atomic E-state index is 6.12. The van der Waals surface area contributed by atoms with Gasteiger partial charge in [-0.1, -0.05) is 36.4 Å². The minimum absolute atomic E-state index is 0.139. The average molecular weight is 255 g/mol. The molecule has 2 heteroatoms. The zero-order valence-electron chi connectivity index (χ0n) is 11.4. The van der Waals surface area contributed by atoms with E-state index in [-0.39, 0.29) is 12.3 Å². The van der Waals surface area contributed by atoms with E-state index in [9.17, 15) is 0 Å². The molecule has 1 N–H and O–H groups in total. The summed E-state index contributed by atoms with van der Waals surface area (Å²) in [5.74, 6) is 0. The third-order valence-corrected chi connectivity index (χ3v) is 3.88. The number of benzene rings is 2. The highest BCUT2D eigenvalue weighted by atomic mass is 16.5. The standard InChI is InChI=1S/C17H21NO/c1-13(19-17-8-4-5-11-18-17)15-10-9-14-6-2-3-7-16(14)12-15/h2-3,6-7,9-10,12-13,17-18H,4-5,8,11H2,1H3/t13-,17?/m1/s1. The molecule has 2 atom stereocenters. The highest BCUT2D eigenvalue weighted by molar-refractivity contribution is 5.83. The maximum atomic E-state index is 6.12. The molecular formula is C17H21NO. The molecule has 1 aliphatic heterocycles. The fourth-order valence-electron chi connectivity index (χ4n) is 2.72. The number of hydrogen-bond acceptors (Lipinski definition) is 2. The molecule has 0 spiro atoms. The molecule has 0 bridgehead atoms. The normalized spacial score (nSPS) is 21.4. The first-order chi connectivity index (χ1) is 9.33. The van der Waals surface area contributed by atoms with E-state index in [4.69, 9.17) is 4.74 Å². The Bertz CT molecular complexity index is 546. The van der Waals surface area contributed by atoms with Crippen LogP contribution in [0.4, 0.5) is 0 Å². The van der Waals surface area contributed by atoms with E-state index in [0.29, 0.717) is 0 Å². The molecule has 19 heavy (non-hydrogen) atoms. The van der Waals surface area contributed by atoms with Crippen molar-refractivity contribution in [3.8, 4) is 0 Å². The van der Waals surface area contributed by atoms with Crippen LogP contribution in [0.3, 0.4) is 0 Å². The van der Waals surface area contributed by atoms with Gasteiger partial charge in [-0.2, -0.15) is 0 Å². The van der Waals surface area contributed by atoms with Gasteiger partial charge in [-0.15, -0.1) is 0 Å². The van der Waals surface area contributed by atoms with Crippen molar-refractivity contribution in [2.75, 3.05) is 6.54 Å². The van der Waals surface area contributed by atoms with Crippen molar-refractivity contribution in [3.05, 3.63) is 48.0 Å². The van der Waals surface area contributed by atoms with E-state index < -0.39 is 0 Å². The van der Waals surface area contributed by atoms with Gasteiger partial charge in [-0.25, -0.2) is 0 Å². The highest BCUT2D eigenvalue weighted by Crippen LogP contribution is 2.24. The van der Waals surface area contributed by atoms with Crippen LogP contribution in [-0.2, 0) is 4.74 Å². The second-order valence-corrected chi connectivity index (χ2v) is 5.32. The van der Waals surface area contributed by atoms with Crippen LogP contribution in [0.25, 0.3) is 10.8 Å². The Balaban J connectivity index is 1.75. The van der Waals surface area contributed by atoms with Gasteiger partial charge >= 0.3 is 0 Å². The predicted molar refractivity (Wildman–Crippen MR) is 79.1 cm³/mol. The lowest BCUT2D eigenvalue weighted by molar-refractivity contribution is -0.0357. The minimum atomic E-state index is 0.139. The topological polar surface area (TPSA) is 21.3 Å². The number of rotatable bonds is 3. The molecule has 0 saturated carbocycles. The summed E-state index contributed by atoms with van der Waals surface area (Å²) in [6.07, 6.45) is 4.01. The van der Waals surface area contributed by atoms with Crippen molar-refractivity contribution >= 4 is 10.8 Å². The molecule has 1 aliphatic rings. The van der Waals surface area contributed by atoms with Gasteiger partial charge in [0.25, 0.3) is 0 Å². The second kappa shape index (κ2) is 5.72. The summed E-state index contributed by atoms with van der Waals surface area (Å²) in [4.78, 5) is 0. The largest absolute Gasteiger partial charge is 0.356 e. The predicted octanol–water partition coefficient (Wildman–Crippen LogP) is 4.02. The summed E-state index contributed by atoms with van der Waals surface area (Å²) in [5.41, 5.74) is 1.26. The van der Waals surface area contributed by atoms with Gasteiger partial charge in [0.2, 0.25) is 0 Å². The molecule has 1 fully saturated rings. The van der Waals surface area contributed by atoms with Crippen LogP contribution in [-0.4, -0.2) is 12.8 Å². The second-order valence-electron chi connectivity index (χ2n) is 5.32. The summed E-state index contributed by atoms with van der Waals surface area (Å²) in [6, 6.07) is 15.1. The average Bonchev–Trinajstić information content (AvgIpc) is 2.48. The SMILES string of the molecule is C[C@@H](OC1CCCCN1)c1ccc2ccccc2c1. The van der Waals surface area contributed by atoms with Gasteiger partial charge < -0.3 is 4.74 Å². The Morgan fingerprint density at radius 3 is 2.74 bits per heavy atom. The Morgan fingerprint density at radius 2 is 1.95 bits per heavy atom. The van der Waals surface area contributed by atoms with Crippen LogP contribution in [0.5, 0.6) is 0 Å². The van der Waals surface area contributed by atoms with Crippen molar-refractivity contribution in [1.29, 1.82) is 0 Å². The van der Waals surface area contributed by atoms with Crippen LogP contribution in [0, 0.1) is 0 Å². The van der Waals surface area contributed by atoms with E-state index >= 15 is 0 Å². The van der Waals surface area contributed by atoms with Crippen molar-refractivity contribution in [3.63, 3.8) is 0 Å². The fraction of sp³-hybridized carbons (Fsp3) is 0.412. The quantitative estimate of drug-likeness (QED) is 0.894. The molecule has 1 saturated heterocycles. The highest BCUT2D eigenvalue weighted by Gasteiger charge is 2.17. The summed E-state index contributed by atoms with van der Waals surface area (Å²) >= 11 is 0. The Kier molecular flexibility index (Phi) is 3.81. The number of piperidine rings is 1. The van der Waals surface area contributed by atoms with Crippen molar-refractivity contribution in [2.45, 2.75) is 38.5 Å². The fourth-order valence-corrected chi connectivity index (χ4v) is 2.72. The summed E-state index contributed by atoms with van der Waals surface area (Å²) in [5, 5.41) is 6.01. The van der Waals surface area contributed by atoms with E-state index in [2.05, 4.69) is 54.7 Å². The van der Waals surface area contributed by atoms with Gasteiger partial charge in [-0.05, 0) is 55.1 Å². The van der Waals surface area contributed by atoms with Crippen LogP contribution in [0.15, 0.2) is 42.5 Å². The zero-order chi connectivity index (χ0) is 13.1. The van der Waals surface area contributed by atoms with E-state index in [1.54, 1.807) is 0 Å². The Labute approximate surface area is 114 Å². The third-order valence-electron chi connectivity index (χ3n) is 3.88. The lowest BCUT2D eigenvalue weighted by Crippen LogP contribution is -2.36. The van der Waals surface area contributed by atoms with E-state index in [1.807, 2.05) is 0 Å². The molecular weight excluding hydrogens is 234 g/mol. The van der Waals surface area contributed by atoms with Gasteiger partial charge in [0.15, 0.2) is 0 Å². The first-order valence-corrected chi connectivity index (χ1v) is 7.20. The molecule has 1 unspecified atom stereocenters. The van der Waals surface area contributed by atoms with Gasteiger partial charge in [0.1, 0.15) is 6.23 Å². The van der Waals surface area contributed by atoms with Crippen LogP contribution in [0.2, 0.25) is 0 Å². The smallest absolute Gasteiger partial charge is 0.108 e. The molecule has 2 aromatic rings. The van der Waals surface area contributed by atoms with Crippen LogP contribution < -0.4 is 5.32 Å². The van der Waals surface area contributed by atoms with Crippen LogP contribution >= 0.6 is 0 Å². The molecule has 1 heterocycles. The van der Waals surface area contributed by atoms with Gasteiger partial charge in [0.05, 0.1) is 6.10 Å². The maximum Gasteiger partial charge on any atom is 0.108 e. The molecule has 0 aromatic heterocycles. The molecule has 2 nitrogen and oxygen atoms in total. The Morgan fingerprint density at radius 1 is 1.11 bits per heavy atom. The number of nitrogens with one attached hydrogen (secondary N) is 1. The van der Waals surface area contributed by atoms with Crippen molar-refractivity contribution in [2.24, 2.45) is 0 Å². The molecule has 100 valence electrons. The number of hydrogen-bond donors (Lipinski definition) is 1. The third kappa shape index (κ3) is 2.96. The first-order valence-electron chi connectivity index (χ1n) is 7.20. The monoisotopic (exact) mass is 255 g/mol. The summed E-state index contributed by atoms with van der Waals surface area (Å²) < 4.78 is 6.12. The molecule has 2 aromatic carbocycles. The number of ether oxygens (including phenoxy) is 1. The summed E-state index contributed by atoms with van der Waals surface area (Å²) in [7, 11) is 0.